The van der Waals surface area contributed by atoms with Crippen LogP contribution in [0.2, 0.25) is 5.02 Å². The van der Waals surface area contributed by atoms with Crippen molar-refractivity contribution in [2.45, 2.75) is 52.7 Å². The molecule has 51 heavy (non-hydrogen) atoms. The molecule has 1 aliphatic rings. The van der Waals surface area contributed by atoms with Crippen molar-refractivity contribution >= 4 is 57.2 Å². The Morgan fingerprint density at radius 2 is 1.67 bits per heavy atom. The van der Waals surface area contributed by atoms with Gasteiger partial charge in [-0.25, -0.2) is 15.0 Å². The molecule has 3 N–H and O–H groups in total. The number of aromatic nitrogens is 3. The van der Waals surface area contributed by atoms with Gasteiger partial charge in [-0.3, -0.25) is 14.5 Å². The second-order valence-electron chi connectivity index (χ2n) is 13.7. The minimum atomic E-state index is -0.549. The van der Waals surface area contributed by atoms with Crippen molar-refractivity contribution < 1.29 is 19.1 Å². The second-order valence-corrected chi connectivity index (χ2v) is 15.2. The lowest BCUT2D eigenvalue weighted by Gasteiger charge is -2.36. The average Bonchev–Trinajstić information content (AvgIpc) is 3.57. The van der Waals surface area contributed by atoms with E-state index in [1.54, 1.807) is 18.2 Å². The van der Waals surface area contributed by atoms with Crippen molar-refractivity contribution in [1.82, 2.24) is 25.2 Å². The molecule has 1 fully saturated rings. The summed E-state index contributed by atoms with van der Waals surface area (Å²) in [5, 5.41) is 10.1. The number of hydrogen-bond donors (Lipinski definition) is 3. The number of ether oxygens (including phenoxy) is 2. The number of thiazole rings is 1. The summed E-state index contributed by atoms with van der Waals surface area (Å²) in [4.78, 5) is 44.1. The number of rotatable bonds is 15. The van der Waals surface area contributed by atoms with Crippen molar-refractivity contribution in [3.63, 3.8) is 0 Å². The van der Waals surface area contributed by atoms with E-state index in [0.29, 0.717) is 57.7 Å². The van der Waals surface area contributed by atoms with Gasteiger partial charge < -0.3 is 30.3 Å². The molecule has 0 bridgehead atoms. The summed E-state index contributed by atoms with van der Waals surface area (Å²) >= 11 is 7.52. The Kier molecular flexibility index (Phi) is 12.6. The van der Waals surface area contributed by atoms with Gasteiger partial charge in [0, 0.05) is 50.9 Å². The first-order chi connectivity index (χ1) is 24.3. The van der Waals surface area contributed by atoms with Crippen LogP contribution in [0.1, 0.15) is 59.1 Å². The number of aryl methyl sites for hydroxylation is 2. The standard InChI is InChI=1S/C37H47ClN8O4S/c1-25-11-10-14-28(38)32(25)44-34(48)29-22-39-35(51-29)43-30-21-31(42-26(2)41-30)46-17-15-45(16-18-46)19-20-49-37(5,6)24-50-36(3,4)23-40-33(47)27-12-8-7-9-13-27/h7-14,21-22H,15-20,23-24H2,1-6H3,(H,40,47)(H,44,48)(H,39,41,42,43). The molecule has 0 saturated carbocycles. The van der Waals surface area contributed by atoms with Gasteiger partial charge in [0.1, 0.15) is 22.3 Å². The monoisotopic (exact) mass is 734 g/mol. The van der Waals surface area contributed by atoms with Crippen LogP contribution in [0, 0.1) is 13.8 Å². The van der Waals surface area contributed by atoms with Crippen LogP contribution in [0.15, 0.2) is 60.8 Å². The number of carbonyl (C=O) groups excluding carboxylic acids is 2. The van der Waals surface area contributed by atoms with Crippen molar-refractivity contribution in [1.29, 1.82) is 0 Å². The summed E-state index contributed by atoms with van der Waals surface area (Å²) in [7, 11) is 0. The average molecular weight is 735 g/mol. The summed E-state index contributed by atoms with van der Waals surface area (Å²) in [5.74, 6) is 1.70. The number of para-hydroxylation sites is 1. The number of nitrogens with one attached hydrogen (secondary N) is 3. The molecule has 12 nitrogen and oxygen atoms in total. The van der Waals surface area contributed by atoms with Gasteiger partial charge in [-0.2, -0.15) is 0 Å². The van der Waals surface area contributed by atoms with Gasteiger partial charge in [-0.1, -0.05) is 53.3 Å². The van der Waals surface area contributed by atoms with E-state index >= 15 is 0 Å². The lowest BCUT2D eigenvalue weighted by molar-refractivity contribution is -0.120. The summed E-state index contributed by atoms with van der Waals surface area (Å²) in [6.45, 7) is 17.3. The van der Waals surface area contributed by atoms with Gasteiger partial charge in [-0.15, -0.1) is 0 Å². The van der Waals surface area contributed by atoms with Crippen LogP contribution >= 0.6 is 22.9 Å². The molecule has 3 heterocycles. The van der Waals surface area contributed by atoms with Crippen LogP contribution in [-0.2, 0) is 9.47 Å². The Labute approximate surface area is 308 Å². The zero-order valence-corrected chi connectivity index (χ0v) is 31.7. The molecule has 0 atom stereocenters. The van der Waals surface area contributed by atoms with Crippen LogP contribution in [-0.4, -0.2) is 95.4 Å². The number of halogens is 1. The van der Waals surface area contributed by atoms with Gasteiger partial charge in [0.2, 0.25) is 0 Å². The van der Waals surface area contributed by atoms with Gasteiger partial charge >= 0.3 is 0 Å². The van der Waals surface area contributed by atoms with Crippen LogP contribution in [0.5, 0.6) is 0 Å². The fourth-order valence-corrected chi connectivity index (χ4v) is 6.38. The summed E-state index contributed by atoms with van der Waals surface area (Å²) in [5.41, 5.74) is 1.06. The number of carbonyl (C=O) groups is 2. The number of nitrogens with zero attached hydrogens (tertiary/aromatic N) is 5. The van der Waals surface area contributed by atoms with Crippen LogP contribution in [0.3, 0.4) is 0 Å². The van der Waals surface area contributed by atoms with E-state index < -0.39 is 11.2 Å². The molecule has 5 rings (SSSR count). The molecule has 2 aromatic carbocycles. The molecule has 2 aromatic heterocycles. The zero-order valence-electron chi connectivity index (χ0n) is 30.1. The third-order valence-electron chi connectivity index (χ3n) is 8.37. The molecular formula is C37H47ClN8O4S. The highest BCUT2D eigenvalue weighted by molar-refractivity contribution is 7.17. The normalized spacial score (nSPS) is 14.0. The first kappa shape index (κ1) is 38.1. The number of benzene rings is 2. The van der Waals surface area contributed by atoms with E-state index in [-0.39, 0.29) is 11.8 Å². The first-order valence-electron chi connectivity index (χ1n) is 17.0. The molecule has 2 amide bonds. The molecule has 0 aliphatic carbocycles. The minimum Gasteiger partial charge on any atom is -0.372 e. The van der Waals surface area contributed by atoms with E-state index in [1.165, 1.54) is 17.5 Å². The lowest BCUT2D eigenvalue weighted by Crippen LogP contribution is -2.48. The van der Waals surface area contributed by atoms with E-state index in [1.807, 2.05) is 77.9 Å². The molecular weight excluding hydrogens is 688 g/mol. The molecule has 0 radical (unpaired) electrons. The van der Waals surface area contributed by atoms with Gasteiger partial charge in [0.05, 0.1) is 41.3 Å². The zero-order chi connectivity index (χ0) is 36.6. The summed E-state index contributed by atoms with van der Waals surface area (Å²) < 4.78 is 12.4. The topological polar surface area (TPSA) is 134 Å². The predicted octanol–water partition coefficient (Wildman–Crippen LogP) is 6.34. The molecule has 0 spiro atoms. The molecule has 1 aliphatic heterocycles. The van der Waals surface area contributed by atoms with Crippen molar-refractivity contribution in [2.24, 2.45) is 0 Å². The summed E-state index contributed by atoms with van der Waals surface area (Å²) in [6.07, 6.45) is 1.54. The van der Waals surface area contributed by atoms with Crippen LogP contribution in [0.4, 0.5) is 22.5 Å². The third kappa shape index (κ3) is 11.2. The van der Waals surface area contributed by atoms with E-state index in [4.69, 9.17) is 26.1 Å². The van der Waals surface area contributed by atoms with Crippen molar-refractivity contribution in [2.75, 3.05) is 68.0 Å². The maximum absolute atomic E-state index is 12.9. The quantitative estimate of drug-likeness (QED) is 0.127. The minimum absolute atomic E-state index is 0.118. The first-order valence-corrected chi connectivity index (χ1v) is 18.2. The third-order valence-corrected chi connectivity index (χ3v) is 9.59. The van der Waals surface area contributed by atoms with Crippen molar-refractivity contribution in [3.05, 3.63) is 87.6 Å². The number of piperazine rings is 1. The Bertz CT molecular complexity index is 1770. The Morgan fingerprint density at radius 1 is 0.922 bits per heavy atom. The Morgan fingerprint density at radius 3 is 2.39 bits per heavy atom. The van der Waals surface area contributed by atoms with Crippen molar-refractivity contribution in [3.8, 4) is 0 Å². The SMILES string of the molecule is Cc1nc(Nc2ncc(C(=O)Nc3c(C)cccc3Cl)s2)cc(N2CCN(CCOC(C)(C)COC(C)(C)CNC(=O)c3ccccc3)CC2)n1. The van der Waals surface area contributed by atoms with E-state index in [9.17, 15) is 9.59 Å². The fraction of sp³-hybridized carbons (Fsp3) is 0.432. The largest absolute Gasteiger partial charge is 0.372 e. The van der Waals surface area contributed by atoms with E-state index in [0.717, 1.165) is 44.1 Å². The smallest absolute Gasteiger partial charge is 0.267 e. The Balaban J connectivity index is 1.04. The summed E-state index contributed by atoms with van der Waals surface area (Å²) in [6, 6.07) is 16.6. The fourth-order valence-electron chi connectivity index (χ4n) is 5.39. The van der Waals surface area contributed by atoms with Crippen LogP contribution in [0.25, 0.3) is 0 Å². The number of hydrogen-bond acceptors (Lipinski definition) is 11. The highest BCUT2D eigenvalue weighted by Crippen LogP contribution is 2.28. The Hall–Kier alpha value is -4.14. The van der Waals surface area contributed by atoms with Gasteiger partial charge in [0.15, 0.2) is 5.13 Å². The second kappa shape index (κ2) is 16.9. The van der Waals surface area contributed by atoms with Gasteiger partial charge in [-0.05, 0) is 65.3 Å². The molecule has 0 unspecified atom stereocenters. The van der Waals surface area contributed by atoms with E-state index in [2.05, 4.69) is 35.7 Å². The maximum Gasteiger partial charge on any atom is 0.267 e. The predicted molar refractivity (Wildman–Crippen MR) is 204 cm³/mol. The maximum atomic E-state index is 12.9. The van der Waals surface area contributed by atoms with Crippen LogP contribution < -0.4 is 20.9 Å². The molecule has 4 aromatic rings. The molecule has 272 valence electrons. The number of anilines is 4. The molecule has 14 heteroatoms. The highest BCUT2D eigenvalue weighted by atomic mass is 35.5. The molecule has 1 saturated heterocycles. The lowest BCUT2D eigenvalue weighted by atomic mass is 10.1. The number of amides is 2. The van der Waals surface area contributed by atoms with Gasteiger partial charge in [0.25, 0.3) is 11.8 Å². The highest BCUT2D eigenvalue weighted by Gasteiger charge is 2.27.